The second-order valence-corrected chi connectivity index (χ2v) is 6.21. The van der Waals surface area contributed by atoms with Gasteiger partial charge in [-0.2, -0.15) is 0 Å². The van der Waals surface area contributed by atoms with Crippen molar-refractivity contribution in [2.75, 3.05) is 0 Å². The summed E-state index contributed by atoms with van der Waals surface area (Å²) in [5.41, 5.74) is 1.61. The van der Waals surface area contributed by atoms with Gasteiger partial charge in [-0.05, 0) is 36.1 Å². The second-order valence-electron chi connectivity index (χ2n) is 5.37. The molecule has 21 heavy (non-hydrogen) atoms. The minimum Gasteiger partial charge on any atom is -0.351 e. The molecule has 1 aliphatic carbocycles. The Morgan fingerprint density at radius 2 is 1.81 bits per heavy atom. The van der Waals surface area contributed by atoms with Gasteiger partial charge in [-0.1, -0.05) is 59.6 Å². The summed E-state index contributed by atoms with van der Waals surface area (Å²) < 4.78 is 0. The lowest BCUT2D eigenvalue weighted by atomic mass is 9.95. The van der Waals surface area contributed by atoms with E-state index in [1.807, 2.05) is 36.4 Å². The summed E-state index contributed by atoms with van der Waals surface area (Å²) in [5.74, 6) is 0.0692. The standard InChI is InChI=1S/C17H15Cl2NO/c18-14-7-6-12(15(19)10-14)11-20-16(21)17(8-9-17)13-4-2-1-3-5-13/h1-7,10H,8-9,11H2,(H,20,21). The molecule has 3 rings (SSSR count). The fraction of sp³-hybridized carbons (Fsp3) is 0.235. The molecular weight excluding hydrogens is 305 g/mol. The lowest BCUT2D eigenvalue weighted by molar-refractivity contribution is -0.123. The van der Waals surface area contributed by atoms with Crippen LogP contribution in [0.1, 0.15) is 24.0 Å². The number of hydrogen-bond donors (Lipinski definition) is 1. The number of carbonyl (C=O) groups excluding carboxylic acids is 1. The Hall–Kier alpha value is -1.51. The van der Waals surface area contributed by atoms with Gasteiger partial charge in [0.05, 0.1) is 5.41 Å². The van der Waals surface area contributed by atoms with E-state index >= 15 is 0 Å². The summed E-state index contributed by atoms with van der Waals surface area (Å²) in [5, 5.41) is 4.17. The van der Waals surface area contributed by atoms with E-state index in [2.05, 4.69) is 5.32 Å². The van der Waals surface area contributed by atoms with Crippen molar-refractivity contribution >= 4 is 29.1 Å². The molecule has 0 atom stereocenters. The number of carbonyl (C=O) groups is 1. The maximum absolute atomic E-state index is 12.5. The van der Waals surface area contributed by atoms with Crippen LogP contribution in [-0.2, 0) is 16.8 Å². The SMILES string of the molecule is O=C(NCc1ccc(Cl)cc1Cl)C1(c2ccccc2)CC1. The third kappa shape index (κ3) is 2.92. The first-order valence-electron chi connectivity index (χ1n) is 6.90. The van der Waals surface area contributed by atoms with Crippen LogP contribution in [0, 0.1) is 0 Å². The molecule has 2 aromatic carbocycles. The Kier molecular flexibility index (Phi) is 3.92. The van der Waals surface area contributed by atoms with Crippen molar-refractivity contribution < 1.29 is 4.79 Å². The maximum Gasteiger partial charge on any atom is 0.230 e. The van der Waals surface area contributed by atoms with E-state index in [1.165, 1.54) is 0 Å². The van der Waals surface area contributed by atoms with Gasteiger partial charge in [0.2, 0.25) is 5.91 Å². The number of hydrogen-bond acceptors (Lipinski definition) is 1. The van der Waals surface area contributed by atoms with Crippen LogP contribution >= 0.6 is 23.2 Å². The van der Waals surface area contributed by atoms with Gasteiger partial charge in [0.1, 0.15) is 0 Å². The molecule has 2 aromatic rings. The number of nitrogens with one attached hydrogen (secondary N) is 1. The maximum atomic E-state index is 12.5. The lowest BCUT2D eigenvalue weighted by Crippen LogP contribution is -2.34. The molecule has 0 saturated heterocycles. The number of amides is 1. The van der Waals surface area contributed by atoms with Crippen molar-refractivity contribution in [3.05, 3.63) is 69.7 Å². The van der Waals surface area contributed by atoms with Crippen molar-refractivity contribution in [2.45, 2.75) is 24.8 Å². The summed E-state index contributed by atoms with van der Waals surface area (Å²) in [6, 6.07) is 15.2. The average Bonchev–Trinajstić information content (AvgIpc) is 3.29. The molecule has 1 saturated carbocycles. The molecule has 1 amide bonds. The summed E-state index contributed by atoms with van der Waals surface area (Å²) in [6.45, 7) is 0.420. The van der Waals surface area contributed by atoms with Crippen LogP contribution in [0.4, 0.5) is 0 Å². The van der Waals surface area contributed by atoms with Crippen LogP contribution in [0.25, 0.3) is 0 Å². The van der Waals surface area contributed by atoms with Gasteiger partial charge in [-0.15, -0.1) is 0 Å². The van der Waals surface area contributed by atoms with Crippen molar-refractivity contribution in [1.29, 1.82) is 0 Å². The molecule has 1 N–H and O–H groups in total. The van der Waals surface area contributed by atoms with Crippen molar-refractivity contribution in [3.63, 3.8) is 0 Å². The highest BCUT2D eigenvalue weighted by molar-refractivity contribution is 6.35. The third-order valence-electron chi connectivity index (χ3n) is 3.97. The fourth-order valence-electron chi connectivity index (χ4n) is 2.54. The lowest BCUT2D eigenvalue weighted by Gasteiger charge is -2.16. The van der Waals surface area contributed by atoms with Crippen molar-refractivity contribution in [2.24, 2.45) is 0 Å². The molecule has 0 aromatic heterocycles. The van der Waals surface area contributed by atoms with Crippen LogP contribution < -0.4 is 5.32 Å². The summed E-state index contributed by atoms with van der Waals surface area (Å²) in [7, 11) is 0. The van der Waals surface area contributed by atoms with Gasteiger partial charge in [-0.25, -0.2) is 0 Å². The normalized spacial score (nSPS) is 15.5. The molecule has 0 radical (unpaired) electrons. The molecule has 1 aliphatic rings. The Labute approximate surface area is 134 Å². The molecule has 0 bridgehead atoms. The first kappa shape index (κ1) is 14.4. The van der Waals surface area contributed by atoms with Crippen molar-refractivity contribution in [1.82, 2.24) is 5.32 Å². The van der Waals surface area contributed by atoms with E-state index in [1.54, 1.807) is 12.1 Å². The Morgan fingerprint density at radius 1 is 1.10 bits per heavy atom. The molecule has 108 valence electrons. The molecule has 0 unspecified atom stereocenters. The van der Waals surface area contributed by atoms with Crippen LogP contribution in [0.5, 0.6) is 0 Å². The highest BCUT2D eigenvalue weighted by atomic mass is 35.5. The zero-order chi connectivity index (χ0) is 14.9. The number of rotatable bonds is 4. The number of halogens is 2. The minimum atomic E-state index is -0.347. The monoisotopic (exact) mass is 319 g/mol. The van der Waals surface area contributed by atoms with E-state index < -0.39 is 0 Å². The van der Waals surface area contributed by atoms with E-state index in [-0.39, 0.29) is 11.3 Å². The van der Waals surface area contributed by atoms with Gasteiger partial charge in [0, 0.05) is 16.6 Å². The minimum absolute atomic E-state index is 0.0692. The van der Waals surface area contributed by atoms with E-state index in [9.17, 15) is 4.79 Å². The fourth-order valence-corrected chi connectivity index (χ4v) is 3.01. The quantitative estimate of drug-likeness (QED) is 0.892. The average molecular weight is 320 g/mol. The van der Waals surface area contributed by atoms with Gasteiger partial charge >= 0.3 is 0 Å². The summed E-state index contributed by atoms with van der Waals surface area (Å²) in [4.78, 5) is 12.5. The van der Waals surface area contributed by atoms with Crippen LogP contribution in [-0.4, -0.2) is 5.91 Å². The Morgan fingerprint density at radius 3 is 2.43 bits per heavy atom. The second kappa shape index (κ2) is 5.70. The smallest absolute Gasteiger partial charge is 0.230 e. The van der Waals surface area contributed by atoms with Crippen LogP contribution in [0.3, 0.4) is 0 Å². The first-order chi connectivity index (χ1) is 10.1. The van der Waals surface area contributed by atoms with Crippen molar-refractivity contribution in [3.8, 4) is 0 Å². The third-order valence-corrected chi connectivity index (χ3v) is 4.55. The van der Waals surface area contributed by atoms with E-state index in [4.69, 9.17) is 23.2 Å². The zero-order valence-corrected chi connectivity index (χ0v) is 12.9. The first-order valence-corrected chi connectivity index (χ1v) is 7.65. The Bertz CT molecular complexity index is 666. The molecular formula is C17H15Cl2NO. The zero-order valence-electron chi connectivity index (χ0n) is 11.4. The topological polar surface area (TPSA) is 29.1 Å². The van der Waals surface area contributed by atoms with Gasteiger partial charge in [0.15, 0.2) is 0 Å². The van der Waals surface area contributed by atoms with E-state index in [0.29, 0.717) is 16.6 Å². The van der Waals surface area contributed by atoms with Crippen LogP contribution in [0.15, 0.2) is 48.5 Å². The molecule has 0 spiro atoms. The predicted octanol–water partition coefficient (Wildman–Crippen LogP) is 4.34. The highest BCUT2D eigenvalue weighted by Crippen LogP contribution is 2.48. The largest absolute Gasteiger partial charge is 0.351 e. The molecule has 0 aliphatic heterocycles. The van der Waals surface area contributed by atoms with Crippen LogP contribution in [0.2, 0.25) is 10.0 Å². The summed E-state index contributed by atoms with van der Waals surface area (Å²) >= 11 is 12.0. The molecule has 1 fully saturated rings. The molecule has 0 heterocycles. The summed E-state index contributed by atoms with van der Waals surface area (Å²) in [6.07, 6.45) is 1.80. The molecule has 2 nitrogen and oxygen atoms in total. The highest BCUT2D eigenvalue weighted by Gasteiger charge is 2.50. The van der Waals surface area contributed by atoms with E-state index in [0.717, 1.165) is 24.0 Å². The number of benzene rings is 2. The van der Waals surface area contributed by atoms with Gasteiger partial charge < -0.3 is 5.32 Å². The Balaban J connectivity index is 1.70. The van der Waals surface area contributed by atoms with Gasteiger partial charge in [0.25, 0.3) is 0 Å². The van der Waals surface area contributed by atoms with Gasteiger partial charge in [-0.3, -0.25) is 4.79 Å². The predicted molar refractivity (Wildman–Crippen MR) is 85.7 cm³/mol. The molecule has 4 heteroatoms.